The maximum atomic E-state index is 13.8. The minimum absolute atomic E-state index is 0.155. The molecule has 0 spiro atoms. The molecule has 0 aliphatic heterocycles. The van der Waals surface area contributed by atoms with Crippen LogP contribution in [0.1, 0.15) is 21.4 Å². The molecule has 2 rings (SSSR count). The van der Waals surface area contributed by atoms with Crippen molar-refractivity contribution < 1.29 is 8.78 Å². The SMILES string of the molecule is Cc1cc(C(Cl)c2c(F)cc(Br)cc2F)sc1Cl. The highest BCUT2D eigenvalue weighted by atomic mass is 79.9. The Kier molecular flexibility index (Phi) is 4.32. The molecular formula is C12H7BrCl2F2S. The third-order valence-electron chi connectivity index (χ3n) is 2.42. The van der Waals surface area contributed by atoms with E-state index in [4.69, 9.17) is 23.2 Å². The first-order valence-corrected chi connectivity index (χ1v) is 7.37. The highest BCUT2D eigenvalue weighted by Gasteiger charge is 2.22. The fourth-order valence-electron chi connectivity index (χ4n) is 1.55. The summed E-state index contributed by atoms with van der Waals surface area (Å²) in [7, 11) is 0. The summed E-state index contributed by atoms with van der Waals surface area (Å²) in [5, 5.41) is -0.880. The van der Waals surface area contributed by atoms with Gasteiger partial charge < -0.3 is 0 Å². The van der Waals surface area contributed by atoms with E-state index in [0.29, 0.717) is 13.7 Å². The summed E-state index contributed by atoms with van der Waals surface area (Å²) in [6, 6.07) is 4.12. The summed E-state index contributed by atoms with van der Waals surface area (Å²) < 4.78 is 28.5. The molecule has 0 nitrogen and oxygen atoms in total. The number of rotatable bonds is 2. The van der Waals surface area contributed by atoms with Gasteiger partial charge in [0.05, 0.1) is 9.71 Å². The van der Waals surface area contributed by atoms with Gasteiger partial charge in [-0.3, -0.25) is 0 Å². The van der Waals surface area contributed by atoms with Crippen LogP contribution in [-0.2, 0) is 0 Å². The Labute approximate surface area is 126 Å². The van der Waals surface area contributed by atoms with Crippen LogP contribution in [0.15, 0.2) is 22.7 Å². The lowest BCUT2D eigenvalue weighted by molar-refractivity contribution is 0.558. The molecule has 96 valence electrons. The molecule has 0 fully saturated rings. The van der Waals surface area contributed by atoms with Crippen molar-refractivity contribution in [1.29, 1.82) is 0 Å². The summed E-state index contributed by atoms with van der Waals surface area (Å²) >= 11 is 16.3. The number of alkyl halides is 1. The zero-order chi connectivity index (χ0) is 13.4. The maximum absolute atomic E-state index is 13.8. The summed E-state index contributed by atoms with van der Waals surface area (Å²) in [4.78, 5) is 0.624. The molecule has 0 amide bonds. The zero-order valence-corrected chi connectivity index (χ0v) is 13.0. The number of hydrogen-bond donors (Lipinski definition) is 0. The molecule has 1 heterocycles. The third-order valence-corrected chi connectivity index (χ3v) is 5.08. The summed E-state index contributed by atoms with van der Waals surface area (Å²) in [5.74, 6) is -1.35. The first-order chi connectivity index (χ1) is 8.40. The topological polar surface area (TPSA) is 0 Å². The van der Waals surface area contributed by atoms with Crippen LogP contribution < -0.4 is 0 Å². The van der Waals surface area contributed by atoms with Crippen LogP contribution in [0.4, 0.5) is 8.78 Å². The van der Waals surface area contributed by atoms with E-state index in [1.54, 1.807) is 6.07 Å². The first-order valence-electron chi connectivity index (χ1n) is 4.94. The van der Waals surface area contributed by atoms with Crippen molar-refractivity contribution in [3.63, 3.8) is 0 Å². The van der Waals surface area contributed by atoms with Crippen LogP contribution in [0.25, 0.3) is 0 Å². The Morgan fingerprint density at radius 2 is 1.78 bits per heavy atom. The minimum Gasteiger partial charge on any atom is -0.206 e. The van der Waals surface area contributed by atoms with Gasteiger partial charge in [-0.2, -0.15) is 0 Å². The fourth-order valence-corrected chi connectivity index (χ4v) is 3.56. The van der Waals surface area contributed by atoms with Crippen molar-refractivity contribution in [2.75, 3.05) is 0 Å². The highest BCUT2D eigenvalue weighted by Crippen LogP contribution is 2.40. The molecule has 0 saturated carbocycles. The number of thiophene rings is 1. The molecule has 0 bridgehead atoms. The standard InChI is InChI=1S/C12H7BrCl2F2S/c1-5-2-9(18-12(5)15)11(14)10-7(16)3-6(13)4-8(10)17/h2-4,11H,1H3. The normalized spacial score (nSPS) is 12.8. The molecule has 1 aromatic heterocycles. The van der Waals surface area contributed by atoms with Gasteiger partial charge in [0.2, 0.25) is 0 Å². The van der Waals surface area contributed by atoms with Crippen LogP contribution in [0.5, 0.6) is 0 Å². The van der Waals surface area contributed by atoms with Gasteiger partial charge in [-0.15, -0.1) is 22.9 Å². The van der Waals surface area contributed by atoms with Gasteiger partial charge in [0.25, 0.3) is 0 Å². The molecule has 1 unspecified atom stereocenters. The lowest BCUT2D eigenvalue weighted by Crippen LogP contribution is -1.99. The van der Waals surface area contributed by atoms with Crippen molar-refractivity contribution in [2.45, 2.75) is 12.3 Å². The summed E-state index contributed by atoms with van der Waals surface area (Å²) in [5.41, 5.74) is 0.693. The Bertz CT molecular complexity index is 555. The van der Waals surface area contributed by atoms with Crippen LogP contribution in [0.3, 0.4) is 0 Å². The summed E-state index contributed by atoms with van der Waals surface area (Å²) in [6.45, 7) is 1.82. The van der Waals surface area contributed by atoms with E-state index in [9.17, 15) is 8.78 Å². The molecule has 0 aliphatic rings. The molecule has 2 aromatic rings. The molecule has 0 radical (unpaired) electrons. The second-order valence-electron chi connectivity index (χ2n) is 3.75. The van der Waals surface area contributed by atoms with Gasteiger partial charge in [0.1, 0.15) is 11.6 Å². The lowest BCUT2D eigenvalue weighted by atomic mass is 10.1. The molecule has 18 heavy (non-hydrogen) atoms. The van der Waals surface area contributed by atoms with E-state index in [1.807, 2.05) is 6.92 Å². The van der Waals surface area contributed by atoms with Crippen LogP contribution in [0, 0.1) is 18.6 Å². The van der Waals surface area contributed by atoms with E-state index < -0.39 is 17.0 Å². The maximum Gasteiger partial charge on any atom is 0.132 e. The largest absolute Gasteiger partial charge is 0.206 e. The number of hydrogen-bond acceptors (Lipinski definition) is 1. The van der Waals surface area contributed by atoms with Crippen molar-refractivity contribution in [1.82, 2.24) is 0 Å². The van der Waals surface area contributed by atoms with Crippen LogP contribution in [0.2, 0.25) is 4.34 Å². The van der Waals surface area contributed by atoms with Crippen molar-refractivity contribution >= 4 is 50.5 Å². The average Bonchev–Trinajstić information content (AvgIpc) is 2.57. The van der Waals surface area contributed by atoms with Gasteiger partial charge in [0, 0.05) is 14.9 Å². The van der Waals surface area contributed by atoms with Crippen LogP contribution >= 0.6 is 50.5 Å². The van der Waals surface area contributed by atoms with E-state index in [2.05, 4.69) is 15.9 Å². The molecule has 0 aliphatic carbocycles. The van der Waals surface area contributed by atoms with Gasteiger partial charge in [-0.05, 0) is 30.7 Å². The van der Waals surface area contributed by atoms with E-state index in [-0.39, 0.29) is 5.56 Å². The van der Waals surface area contributed by atoms with E-state index >= 15 is 0 Å². The van der Waals surface area contributed by atoms with Gasteiger partial charge >= 0.3 is 0 Å². The van der Waals surface area contributed by atoms with Crippen molar-refractivity contribution in [3.8, 4) is 0 Å². The van der Waals surface area contributed by atoms with E-state index in [0.717, 1.165) is 5.56 Å². The van der Waals surface area contributed by atoms with Gasteiger partial charge in [0.15, 0.2) is 0 Å². The fraction of sp³-hybridized carbons (Fsp3) is 0.167. The molecule has 0 N–H and O–H groups in total. The third kappa shape index (κ3) is 2.72. The molecular weight excluding hydrogens is 365 g/mol. The van der Waals surface area contributed by atoms with E-state index in [1.165, 1.54) is 23.5 Å². The lowest BCUT2D eigenvalue weighted by Gasteiger charge is -2.10. The summed E-state index contributed by atoms with van der Waals surface area (Å²) in [6.07, 6.45) is 0. The zero-order valence-electron chi connectivity index (χ0n) is 9.11. The number of benzene rings is 1. The second-order valence-corrected chi connectivity index (χ2v) is 6.79. The van der Waals surface area contributed by atoms with Crippen molar-refractivity contribution in [3.05, 3.63) is 54.6 Å². The minimum atomic E-state index is -0.880. The van der Waals surface area contributed by atoms with Crippen LogP contribution in [-0.4, -0.2) is 0 Å². The van der Waals surface area contributed by atoms with Gasteiger partial charge in [-0.1, -0.05) is 27.5 Å². The smallest absolute Gasteiger partial charge is 0.132 e. The highest BCUT2D eigenvalue weighted by molar-refractivity contribution is 9.10. The second kappa shape index (κ2) is 5.45. The van der Waals surface area contributed by atoms with Crippen molar-refractivity contribution in [2.24, 2.45) is 0 Å². The Hall–Kier alpha value is -0.160. The number of halogens is 5. The first kappa shape index (κ1) is 14.3. The monoisotopic (exact) mass is 370 g/mol. The number of aryl methyl sites for hydroxylation is 1. The predicted octanol–water partition coefficient (Wildman–Crippen LogP) is 6.08. The molecule has 1 atom stereocenters. The quantitative estimate of drug-likeness (QED) is 0.561. The predicted molar refractivity (Wildman–Crippen MR) is 75.8 cm³/mol. The Morgan fingerprint density at radius 3 is 2.22 bits per heavy atom. The Morgan fingerprint density at radius 1 is 1.22 bits per heavy atom. The molecule has 6 heteroatoms. The average molecular weight is 372 g/mol. The Balaban J connectivity index is 2.49. The molecule has 1 aromatic carbocycles. The molecule has 0 saturated heterocycles. The van der Waals surface area contributed by atoms with Gasteiger partial charge in [-0.25, -0.2) is 8.78 Å².